The first-order valence-corrected chi connectivity index (χ1v) is 6.63. The third-order valence-corrected chi connectivity index (χ3v) is 3.06. The zero-order valence-corrected chi connectivity index (χ0v) is 11.5. The first kappa shape index (κ1) is 13.9. The molecule has 2 heterocycles. The van der Waals surface area contributed by atoms with Gasteiger partial charge in [-0.05, 0) is 24.3 Å². The molecule has 0 atom stereocenters. The van der Waals surface area contributed by atoms with Crippen molar-refractivity contribution in [2.45, 2.75) is 6.54 Å². The summed E-state index contributed by atoms with van der Waals surface area (Å²) in [5, 5.41) is 6.51. The summed E-state index contributed by atoms with van der Waals surface area (Å²) < 4.78 is 18.8. The molecule has 0 aliphatic carbocycles. The van der Waals surface area contributed by atoms with E-state index in [-0.39, 0.29) is 18.3 Å². The summed E-state index contributed by atoms with van der Waals surface area (Å²) in [7, 11) is 0. The Labute approximate surface area is 125 Å². The van der Waals surface area contributed by atoms with E-state index in [4.69, 9.17) is 4.52 Å². The van der Waals surface area contributed by atoms with Crippen LogP contribution < -0.4 is 5.32 Å². The fraction of sp³-hybridized carbons (Fsp3) is 0.0625. The van der Waals surface area contributed by atoms with E-state index >= 15 is 0 Å². The number of pyridine rings is 1. The van der Waals surface area contributed by atoms with Gasteiger partial charge in [-0.15, -0.1) is 0 Å². The molecule has 0 spiro atoms. The van der Waals surface area contributed by atoms with Crippen molar-refractivity contribution in [3.8, 4) is 11.3 Å². The standard InChI is InChI=1S/C16H12FN3O2/c17-14-6-2-1-5-13(14)15-8-12(22-20-15)10-19-16(21)11-4-3-7-18-9-11/h1-9H,10H2,(H,19,21). The van der Waals surface area contributed by atoms with E-state index in [1.165, 1.54) is 12.3 Å². The Bertz CT molecular complexity index is 787. The van der Waals surface area contributed by atoms with Crippen LogP contribution in [0.15, 0.2) is 59.4 Å². The summed E-state index contributed by atoms with van der Waals surface area (Å²) in [6.45, 7) is 0.162. The van der Waals surface area contributed by atoms with Crippen LogP contribution >= 0.6 is 0 Å². The number of hydrogen-bond donors (Lipinski definition) is 1. The Morgan fingerprint density at radius 1 is 1.23 bits per heavy atom. The molecule has 1 N–H and O–H groups in total. The molecule has 3 rings (SSSR count). The molecule has 6 heteroatoms. The topological polar surface area (TPSA) is 68.0 Å². The summed E-state index contributed by atoms with van der Waals surface area (Å²) in [6, 6.07) is 11.2. The molecule has 0 bridgehead atoms. The van der Waals surface area contributed by atoms with Crippen LogP contribution in [0.3, 0.4) is 0 Å². The lowest BCUT2D eigenvalue weighted by molar-refractivity contribution is 0.0946. The minimum Gasteiger partial charge on any atom is -0.359 e. The van der Waals surface area contributed by atoms with Crippen LogP contribution in [0, 0.1) is 5.82 Å². The number of hydrogen-bond acceptors (Lipinski definition) is 4. The molecule has 0 radical (unpaired) electrons. The molecule has 0 unspecified atom stereocenters. The SMILES string of the molecule is O=C(NCc1cc(-c2ccccc2F)no1)c1cccnc1. The van der Waals surface area contributed by atoms with Crippen molar-refractivity contribution in [1.29, 1.82) is 0 Å². The van der Waals surface area contributed by atoms with Crippen molar-refractivity contribution in [3.63, 3.8) is 0 Å². The van der Waals surface area contributed by atoms with Crippen LogP contribution in [0.5, 0.6) is 0 Å². The maximum Gasteiger partial charge on any atom is 0.253 e. The van der Waals surface area contributed by atoms with Crippen LogP contribution in [0.25, 0.3) is 11.3 Å². The second kappa shape index (κ2) is 6.17. The number of carbonyl (C=O) groups excluding carboxylic acids is 1. The molecule has 0 aliphatic rings. The van der Waals surface area contributed by atoms with Gasteiger partial charge in [-0.3, -0.25) is 9.78 Å². The van der Waals surface area contributed by atoms with Crippen molar-refractivity contribution in [1.82, 2.24) is 15.5 Å². The lowest BCUT2D eigenvalue weighted by Crippen LogP contribution is -2.22. The van der Waals surface area contributed by atoms with Gasteiger partial charge in [0.1, 0.15) is 11.5 Å². The number of nitrogens with one attached hydrogen (secondary N) is 1. The van der Waals surface area contributed by atoms with Crippen molar-refractivity contribution in [2.75, 3.05) is 0 Å². The minimum absolute atomic E-state index is 0.162. The Morgan fingerprint density at radius 3 is 2.86 bits per heavy atom. The predicted molar refractivity (Wildman–Crippen MR) is 77.3 cm³/mol. The molecule has 2 aromatic heterocycles. The van der Waals surface area contributed by atoms with E-state index in [2.05, 4.69) is 15.5 Å². The molecule has 0 aliphatic heterocycles. The van der Waals surface area contributed by atoms with E-state index in [0.29, 0.717) is 22.6 Å². The molecule has 0 saturated heterocycles. The van der Waals surface area contributed by atoms with Gasteiger partial charge in [-0.2, -0.15) is 0 Å². The number of halogens is 1. The van der Waals surface area contributed by atoms with Crippen molar-refractivity contribution < 1.29 is 13.7 Å². The van der Waals surface area contributed by atoms with Gasteiger partial charge in [0.15, 0.2) is 5.76 Å². The van der Waals surface area contributed by atoms with Crippen LogP contribution in [0.4, 0.5) is 4.39 Å². The zero-order valence-electron chi connectivity index (χ0n) is 11.5. The smallest absolute Gasteiger partial charge is 0.253 e. The maximum atomic E-state index is 13.7. The second-order valence-corrected chi connectivity index (χ2v) is 4.58. The van der Waals surface area contributed by atoms with Gasteiger partial charge in [0.25, 0.3) is 5.91 Å². The monoisotopic (exact) mass is 297 g/mol. The summed E-state index contributed by atoms with van der Waals surface area (Å²) >= 11 is 0. The van der Waals surface area contributed by atoms with Crippen LogP contribution in [-0.2, 0) is 6.54 Å². The highest BCUT2D eigenvalue weighted by atomic mass is 19.1. The largest absolute Gasteiger partial charge is 0.359 e. The first-order valence-electron chi connectivity index (χ1n) is 6.63. The van der Waals surface area contributed by atoms with Gasteiger partial charge in [0.2, 0.25) is 0 Å². The fourth-order valence-corrected chi connectivity index (χ4v) is 1.96. The Morgan fingerprint density at radius 2 is 2.09 bits per heavy atom. The van der Waals surface area contributed by atoms with Gasteiger partial charge in [0.05, 0.1) is 12.1 Å². The molecule has 0 saturated carbocycles. The lowest BCUT2D eigenvalue weighted by atomic mass is 10.1. The third kappa shape index (κ3) is 3.01. The number of rotatable bonds is 4. The van der Waals surface area contributed by atoms with Gasteiger partial charge in [-0.1, -0.05) is 17.3 Å². The number of aromatic nitrogens is 2. The molecule has 1 amide bonds. The van der Waals surface area contributed by atoms with Crippen LogP contribution in [0.2, 0.25) is 0 Å². The van der Waals surface area contributed by atoms with E-state index in [9.17, 15) is 9.18 Å². The van der Waals surface area contributed by atoms with Crippen LogP contribution in [0.1, 0.15) is 16.1 Å². The number of amides is 1. The highest BCUT2D eigenvalue weighted by molar-refractivity contribution is 5.93. The molecule has 1 aromatic carbocycles. The van der Waals surface area contributed by atoms with Gasteiger partial charge < -0.3 is 9.84 Å². The summed E-state index contributed by atoms with van der Waals surface area (Å²) in [4.78, 5) is 15.8. The minimum atomic E-state index is -0.373. The molecular weight excluding hydrogens is 285 g/mol. The van der Waals surface area contributed by atoms with Crippen molar-refractivity contribution in [2.24, 2.45) is 0 Å². The second-order valence-electron chi connectivity index (χ2n) is 4.58. The Hall–Kier alpha value is -3.02. The van der Waals surface area contributed by atoms with E-state index in [0.717, 1.165) is 0 Å². The third-order valence-electron chi connectivity index (χ3n) is 3.06. The van der Waals surface area contributed by atoms with E-state index < -0.39 is 0 Å². The van der Waals surface area contributed by atoms with E-state index in [1.54, 1.807) is 42.6 Å². The van der Waals surface area contributed by atoms with Crippen LogP contribution in [-0.4, -0.2) is 16.0 Å². The van der Waals surface area contributed by atoms with Crippen molar-refractivity contribution >= 4 is 5.91 Å². The quantitative estimate of drug-likeness (QED) is 0.804. The van der Waals surface area contributed by atoms with Gasteiger partial charge >= 0.3 is 0 Å². The Balaban J connectivity index is 1.68. The summed E-state index contributed by atoms with van der Waals surface area (Å²) in [5.74, 6) is -0.200. The molecule has 22 heavy (non-hydrogen) atoms. The molecular formula is C16H12FN3O2. The first-order chi connectivity index (χ1) is 10.7. The highest BCUT2D eigenvalue weighted by Crippen LogP contribution is 2.21. The highest BCUT2D eigenvalue weighted by Gasteiger charge is 2.11. The van der Waals surface area contributed by atoms with Crippen molar-refractivity contribution in [3.05, 3.63) is 72.0 Å². The van der Waals surface area contributed by atoms with E-state index in [1.807, 2.05) is 0 Å². The lowest BCUT2D eigenvalue weighted by Gasteiger charge is -2.01. The molecule has 3 aromatic rings. The normalized spacial score (nSPS) is 10.4. The zero-order chi connectivity index (χ0) is 15.4. The van der Waals surface area contributed by atoms with Gasteiger partial charge in [0, 0.05) is 24.0 Å². The van der Waals surface area contributed by atoms with Gasteiger partial charge in [-0.25, -0.2) is 4.39 Å². The predicted octanol–water partition coefficient (Wildman–Crippen LogP) is 2.81. The maximum absolute atomic E-state index is 13.7. The number of nitrogens with zero attached hydrogens (tertiary/aromatic N) is 2. The summed E-state index contributed by atoms with van der Waals surface area (Å²) in [6.07, 6.45) is 3.06. The summed E-state index contributed by atoms with van der Waals surface area (Å²) in [5.41, 5.74) is 1.20. The molecule has 110 valence electrons. The number of carbonyl (C=O) groups is 1. The molecule has 0 fully saturated rings. The Kier molecular flexibility index (Phi) is 3.91. The average Bonchev–Trinajstić information content (AvgIpc) is 3.02. The molecule has 5 nitrogen and oxygen atoms in total. The fourth-order valence-electron chi connectivity index (χ4n) is 1.96. The average molecular weight is 297 g/mol. The number of benzene rings is 1.